The zero-order chi connectivity index (χ0) is 14.4. The van der Waals surface area contributed by atoms with Gasteiger partial charge in [0.25, 0.3) is 0 Å². The van der Waals surface area contributed by atoms with E-state index in [1.54, 1.807) is 0 Å². The molecule has 5 heteroatoms. The molecule has 1 aromatic rings. The third-order valence-electron chi connectivity index (χ3n) is 3.74. The van der Waals surface area contributed by atoms with Gasteiger partial charge in [0, 0.05) is 18.7 Å². The van der Waals surface area contributed by atoms with Gasteiger partial charge in [-0.1, -0.05) is 36.2 Å². The first-order valence-electron chi connectivity index (χ1n) is 7.43. The Morgan fingerprint density at radius 1 is 1.40 bits per heavy atom. The standard InChI is InChI=1S/C15H23Cl2N3/c1-2-8-20(10-12-4-3-7-18-9-12)11-13-5-6-14(16)19-15(13)17/h5-6,12,18H,2-4,7-11H2,1H3. The predicted molar refractivity (Wildman–Crippen MR) is 85.4 cm³/mol. The lowest BCUT2D eigenvalue weighted by atomic mass is 9.99. The van der Waals surface area contributed by atoms with Gasteiger partial charge in [-0.2, -0.15) is 0 Å². The molecule has 0 saturated carbocycles. The van der Waals surface area contributed by atoms with Crippen molar-refractivity contribution in [3.05, 3.63) is 28.0 Å². The second kappa shape index (κ2) is 8.18. The molecule has 0 radical (unpaired) electrons. The van der Waals surface area contributed by atoms with Crippen LogP contribution in [-0.4, -0.2) is 36.1 Å². The molecule has 112 valence electrons. The first kappa shape index (κ1) is 16.0. The van der Waals surface area contributed by atoms with E-state index >= 15 is 0 Å². The molecule has 2 heterocycles. The highest BCUT2D eigenvalue weighted by Crippen LogP contribution is 2.20. The van der Waals surface area contributed by atoms with Gasteiger partial charge in [0.1, 0.15) is 10.3 Å². The van der Waals surface area contributed by atoms with Gasteiger partial charge in [-0.15, -0.1) is 0 Å². The topological polar surface area (TPSA) is 28.2 Å². The van der Waals surface area contributed by atoms with Gasteiger partial charge < -0.3 is 5.32 Å². The van der Waals surface area contributed by atoms with Crippen molar-refractivity contribution in [2.45, 2.75) is 32.7 Å². The average Bonchev–Trinajstić information content (AvgIpc) is 2.43. The molecule has 1 aromatic heterocycles. The van der Waals surface area contributed by atoms with Gasteiger partial charge in [-0.05, 0) is 50.9 Å². The first-order valence-corrected chi connectivity index (χ1v) is 8.18. The van der Waals surface area contributed by atoms with Crippen molar-refractivity contribution in [1.29, 1.82) is 0 Å². The molecule has 0 spiro atoms. The van der Waals surface area contributed by atoms with Crippen LogP contribution >= 0.6 is 23.2 Å². The van der Waals surface area contributed by atoms with Crippen molar-refractivity contribution in [1.82, 2.24) is 15.2 Å². The summed E-state index contributed by atoms with van der Waals surface area (Å²) < 4.78 is 0. The predicted octanol–water partition coefficient (Wildman–Crippen LogP) is 3.60. The number of nitrogens with zero attached hydrogens (tertiary/aromatic N) is 2. The summed E-state index contributed by atoms with van der Waals surface area (Å²) in [5.41, 5.74) is 1.06. The zero-order valence-corrected chi connectivity index (χ0v) is 13.6. The summed E-state index contributed by atoms with van der Waals surface area (Å²) in [7, 11) is 0. The summed E-state index contributed by atoms with van der Waals surface area (Å²) in [5, 5.41) is 4.47. The smallest absolute Gasteiger partial charge is 0.135 e. The maximum absolute atomic E-state index is 6.18. The molecule has 0 amide bonds. The Morgan fingerprint density at radius 2 is 2.25 bits per heavy atom. The monoisotopic (exact) mass is 315 g/mol. The van der Waals surface area contributed by atoms with Gasteiger partial charge in [0.2, 0.25) is 0 Å². The third-order valence-corrected chi connectivity index (χ3v) is 4.28. The summed E-state index contributed by atoms with van der Waals surface area (Å²) in [5.74, 6) is 0.745. The fourth-order valence-corrected chi connectivity index (χ4v) is 3.20. The van der Waals surface area contributed by atoms with Crippen LogP contribution in [-0.2, 0) is 6.54 Å². The zero-order valence-electron chi connectivity index (χ0n) is 12.0. The van der Waals surface area contributed by atoms with E-state index in [9.17, 15) is 0 Å². The lowest BCUT2D eigenvalue weighted by Crippen LogP contribution is -2.38. The number of nitrogens with one attached hydrogen (secondary N) is 1. The molecule has 2 rings (SSSR count). The molecule has 0 aliphatic carbocycles. The van der Waals surface area contributed by atoms with Gasteiger partial charge in [-0.25, -0.2) is 4.98 Å². The molecule has 1 saturated heterocycles. The number of hydrogen-bond acceptors (Lipinski definition) is 3. The van der Waals surface area contributed by atoms with Crippen LogP contribution in [0.5, 0.6) is 0 Å². The second-order valence-electron chi connectivity index (χ2n) is 5.53. The Kier molecular flexibility index (Phi) is 6.56. The number of halogens is 2. The van der Waals surface area contributed by atoms with Crippen LogP contribution in [0.3, 0.4) is 0 Å². The molecule has 3 nitrogen and oxygen atoms in total. The van der Waals surface area contributed by atoms with Crippen LogP contribution in [0, 0.1) is 5.92 Å². The number of pyridine rings is 1. The van der Waals surface area contributed by atoms with Crippen LogP contribution in [0.2, 0.25) is 10.3 Å². The highest BCUT2D eigenvalue weighted by atomic mass is 35.5. The molecular formula is C15H23Cl2N3. The van der Waals surface area contributed by atoms with E-state index in [2.05, 4.69) is 22.1 Å². The minimum absolute atomic E-state index is 0.456. The number of piperidine rings is 1. The normalized spacial score (nSPS) is 19.5. The highest BCUT2D eigenvalue weighted by Gasteiger charge is 2.17. The van der Waals surface area contributed by atoms with Gasteiger partial charge in [0.05, 0.1) is 0 Å². The SMILES string of the molecule is CCCN(Cc1ccc(Cl)nc1Cl)CC1CCCNC1. The van der Waals surface area contributed by atoms with E-state index in [4.69, 9.17) is 23.2 Å². The summed E-state index contributed by atoms with van der Waals surface area (Å²) in [6.07, 6.45) is 3.76. The second-order valence-corrected chi connectivity index (χ2v) is 6.28. The van der Waals surface area contributed by atoms with E-state index in [1.807, 2.05) is 12.1 Å². The number of rotatable bonds is 6. The van der Waals surface area contributed by atoms with E-state index in [0.717, 1.165) is 50.6 Å². The van der Waals surface area contributed by atoms with Crippen LogP contribution in [0.15, 0.2) is 12.1 Å². The van der Waals surface area contributed by atoms with E-state index in [-0.39, 0.29) is 0 Å². The minimum Gasteiger partial charge on any atom is -0.316 e. The van der Waals surface area contributed by atoms with E-state index in [1.165, 1.54) is 12.8 Å². The van der Waals surface area contributed by atoms with Crippen molar-refractivity contribution in [2.24, 2.45) is 5.92 Å². The van der Waals surface area contributed by atoms with Gasteiger partial charge in [-0.3, -0.25) is 4.90 Å². The summed E-state index contributed by atoms with van der Waals surface area (Å²) in [6, 6.07) is 3.80. The van der Waals surface area contributed by atoms with E-state index < -0.39 is 0 Å². The van der Waals surface area contributed by atoms with Crippen LogP contribution in [0.25, 0.3) is 0 Å². The van der Waals surface area contributed by atoms with Crippen LogP contribution in [0.4, 0.5) is 0 Å². The number of hydrogen-bond donors (Lipinski definition) is 1. The van der Waals surface area contributed by atoms with Crippen molar-refractivity contribution < 1.29 is 0 Å². The van der Waals surface area contributed by atoms with Crippen LogP contribution < -0.4 is 5.32 Å². The van der Waals surface area contributed by atoms with Gasteiger partial charge >= 0.3 is 0 Å². The molecule has 20 heavy (non-hydrogen) atoms. The first-order chi connectivity index (χ1) is 9.69. The Morgan fingerprint density at radius 3 is 2.90 bits per heavy atom. The summed E-state index contributed by atoms with van der Waals surface area (Å²) in [6.45, 7) is 7.58. The minimum atomic E-state index is 0.456. The summed E-state index contributed by atoms with van der Waals surface area (Å²) >= 11 is 12.0. The molecule has 1 fully saturated rings. The maximum atomic E-state index is 6.18. The molecule has 1 unspecified atom stereocenters. The molecule has 0 bridgehead atoms. The summed E-state index contributed by atoms with van der Waals surface area (Å²) in [4.78, 5) is 6.61. The fraction of sp³-hybridized carbons (Fsp3) is 0.667. The Labute approximate surface area is 131 Å². The van der Waals surface area contributed by atoms with Gasteiger partial charge in [0.15, 0.2) is 0 Å². The molecule has 1 atom stereocenters. The molecule has 1 aliphatic rings. The Balaban J connectivity index is 1.96. The molecule has 1 N–H and O–H groups in total. The van der Waals surface area contributed by atoms with E-state index in [0.29, 0.717) is 10.3 Å². The largest absolute Gasteiger partial charge is 0.316 e. The maximum Gasteiger partial charge on any atom is 0.135 e. The number of aromatic nitrogens is 1. The lowest BCUT2D eigenvalue weighted by molar-refractivity contribution is 0.201. The third kappa shape index (κ3) is 4.88. The Hall–Kier alpha value is -0.350. The van der Waals surface area contributed by atoms with Crippen LogP contribution in [0.1, 0.15) is 31.7 Å². The molecule has 1 aliphatic heterocycles. The average molecular weight is 316 g/mol. The highest BCUT2D eigenvalue weighted by molar-refractivity contribution is 6.32. The van der Waals surface area contributed by atoms with Crippen molar-refractivity contribution in [3.63, 3.8) is 0 Å². The molecular weight excluding hydrogens is 293 g/mol. The van der Waals surface area contributed by atoms with Crippen molar-refractivity contribution in [2.75, 3.05) is 26.2 Å². The quantitative estimate of drug-likeness (QED) is 0.813. The lowest BCUT2D eigenvalue weighted by Gasteiger charge is -2.30. The fourth-order valence-electron chi connectivity index (χ4n) is 2.80. The van der Waals surface area contributed by atoms with Crippen molar-refractivity contribution in [3.8, 4) is 0 Å². The molecule has 0 aromatic carbocycles. The van der Waals surface area contributed by atoms with Crippen molar-refractivity contribution >= 4 is 23.2 Å². The Bertz CT molecular complexity index is 420.